The normalized spacial score (nSPS) is 11.7. The average Bonchev–Trinajstić information content (AvgIpc) is 2.43. The summed E-state index contributed by atoms with van der Waals surface area (Å²) in [7, 11) is 1.30. The number of nitro groups is 1. The fourth-order valence-electron chi connectivity index (χ4n) is 1.50. The molecule has 0 aliphatic heterocycles. The third kappa shape index (κ3) is 3.92. The van der Waals surface area contributed by atoms with Crippen LogP contribution in [0.3, 0.4) is 0 Å². The molecule has 0 spiro atoms. The predicted octanol–water partition coefficient (Wildman–Crippen LogP) is 2.51. The maximum absolute atomic E-state index is 12.0. The van der Waals surface area contributed by atoms with Gasteiger partial charge in [-0.05, 0) is 12.5 Å². The molecule has 0 bridgehead atoms. The molecule has 1 N–H and O–H groups in total. The molecule has 6 nitrogen and oxygen atoms in total. The Morgan fingerprint density at radius 1 is 1.58 bits per heavy atom. The Morgan fingerprint density at radius 3 is 2.79 bits per heavy atom. The molecule has 0 saturated carbocycles. The number of alkyl halides is 1. The summed E-state index contributed by atoms with van der Waals surface area (Å²) in [6.45, 7) is 2.43. The summed E-state index contributed by atoms with van der Waals surface area (Å²) in [6, 6.07) is 4.26. The number of carbonyl (C=O) groups excluding carboxylic acids is 1. The smallest absolute Gasteiger partial charge is 0.311 e. The minimum Gasteiger partial charge on any atom is -0.490 e. The number of rotatable bonds is 6. The minimum atomic E-state index is -0.574. The molecular weight excluding hydrogens is 316 g/mol. The van der Waals surface area contributed by atoms with E-state index in [0.29, 0.717) is 6.54 Å². The summed E-state index contributed by atoms with van der Waals surface area (Å²) in [5.74, 6) is -0.411. The number of hydrogen-bond donors (Lipinski definition) is 1. The van der Waals surface area contributed by atoms with E-state index in [9.17, 15) is 14.9 Å². The molecule has 1 aromatic rings. The molecule has 7 heteroatoms. The van der Waals surface area contributed by atoms with Crippen molar-refractivity contribution in [2.45, 2.75) is 18.2 Å². The van der Waals surface area contributed by atoms with Crippen LogP contribution in [-0.4, -0.2) is 29.3 Å². The molecule has 0 radical (unpaired) electrons. The number of nitrogens with zero attached hydrogens (tertiary/aromatic N) is 1. The molecule has 1 atom stereocenters. The molecule has 0 saturated heterocycles. The van der Waals surface area contributed by atoms with Gasteiger partial charge < -0.3 is 10.1 Å². The van der Waals surface area contributed by atoms with Gasteiger partial charge >= 0.3 is 5.69 Å². The van der Waals surface area contributed by atoms with Gasteiger partial charge in [0.1, 0.15) is 0 Å². The maximum atomic E-state index is 12.0. The average molecular weight is 331 g/mol. The van der Waals surface area contributed by atoms with Crippen molar-refractivity contribution in [1.82, 2.24) is 5.32 Å². The van der Waals surface area contributed by atoms with E-state index in [1.807, 2.05) is 6.92 Å². The van der Waals surface area contributed by atoms with Gasteiger partial charge in [0, 0.05) is 17.4 Å². The number of para-hydroxylation sites is 1. The number of ether oxygens (including phenoxy) is 1. The van der Waals surface area contributed by atoms with Crippen molar-refractivity contribution in [3.05, 3.63) is 33.9 Å². The van der Waals surface area contributed by atoms with Crippen molar-refractivity contribution in [2.24, 2.45) is 0 Å². The predicted molar refractivity (Wildman–Crippen MR) is 75.0 cm³/mol. The van der Waals surface area contributed by atoms with E-state index in [2.05, 4.69) is 21.2 Å². The molecular formula is C12H15BrN2O4. The lowest BCUT2D eigenvalue weighted by Crippen LogP contribution is -2.29. The van der Waals surface area contributed by atoms with Crippen LogP contribution in [-0.2, 0) is 0 Å². The first-order chi connectivity index (χ1) is 9.01. The monoisotopic (exact) mass is 330 g/mol. The van der Waals surface area contributed by atoms with Crippen molar-refractivity contribution >= 4 is 27.5 Å². The summed E-state index contributed by atoms with van der Waals surface area (Å²) in [5.41, 5.74) is -0.0615. The maximum Gasteiger partial charge on any atom is 0.311 e. The van der Waals surface area contributed by atoms with Crippen molar-refractivity contribution < 1.29 is 14.5 Å². The number of methoxy groups -OCH3 is 1. The Hall–Kier alpha value is -1.63. The van der Waals surface area contributed by atoms with Crippen LogP contribution in [0.2, 0.25) is 0 Å². The Morgan fingerprint density at radius 2 is 2.26 bits per heavy atom. The number of halogens is 1. The van der Waals surface area contributed by atoms with Crippen LogP contribution < -0.4 is 10.1 Å². The van der Waals surface area contributed by atoms with Crippen molar-refractivity contribution in [3.63, 3.8) is 0 Å². The van der Waals surface area contributed by atoms with Crippen LogP contribution in [0.15, 0.2) is 18.2 Å². The van der Waals surface area contributed by atoms with Gasteiger partial charge in [-0.25, -0.2) is 0 Å². The van der Waals surface area contributed by atoms with Gasteiger partial charge in [0.05, 0.1) is 17.6 Å². The molecule has 1 unspecified atom stereocenters. The molecule has 19 heavy (non-hydrogen) atoms. The molecule has 1 aromatic carbocycles. The van der Waals surface area contributed by atoms with Gasteiger partial charge in [-0.2, -0.15) is 0 Å². The number of amides is 1. The lowest BCUT2D eigenvalue weighted by Gasteiger charge is -2.11. The number of benzene rings is 1. The Bertz CT molecular complexity index is 479. The van der Waals surface area contributed by atoms with E-state index in [4.69, 9.17) is 4.74 Å². The van der Waals surface area contributed by atoms with E-state index >= 15 is 0 Å². The first kappa shape index (κ1) is 15.4. The van der Waals surface area contributed by atoms with E-state index in [-0.39, 0.29) is 21.8 Å². The fraction of sp³-hybridized carbons (Fsp3) is 0.417. The second-order valence-corrected chi connectivity index (χ2v) is 5.13. The van der Waals surface area contributed by atoms with E-state index < -0.39 is 10.8 Å². The summed E-state index contributed by atoms with van der Waals surface area (Å²) < 4.78 is 4.98. The molecule has 1 amide bonds. The highest BCUT2D eigenvalue weighted by molar-refractivity contribution is 9.09. The summed E-state index contributed by atoms with van der Waals surface area (Å²) in [4.78, 5) is 22.4. The first-order valence-electron chi connectivity index (χ1n) is 5.74. The third-order valence-electron chi connectivity index (χ3n) is 2.57. The molecule has 0 fully saturated rings. The molecule has 1 rings (SSSR count). The standard InChI is InChI=1S/C12H15BrN2O4/c1-3-8(13)7-14-12(16)9-5-4-6-10(15(17)18)11(9)19-2/h4-6,8H,3,7H2,1-2H3,(H,14,16). The van der Waals surface area contributed by atoms with Crippen molar-refractivity contribution in [1.29, 1.82) is 0 Å². The van der Waals surface area contributed by atoms with E-state index in [1.54, 1.807) is 0 Å². The SMILES string of the molecule is CCC(Br)CNC(=O)c1cccc([N+](=O)[O-])c1OC. The Kier molecular flexibility index (Phi) is 5.75. The highest BCUT2D eigenvalue weighted by atomic mass is 79.9. The van der Waals surface area contributed by atoms with Gasteiger partial charge in [-0.15, -0.1) is 0 Å². The van der Waals surface area contributed by atoms with Crippen LogP contribution in [0.25, 0.3) is 0 Å². The third-order valence-corrected chi connectivity index (χ3v) is 3.54. The summed E-state index contributed by atoms with van der Waals surface area (Å²) >= 11 is 3.40. The van der Waals surface area contributed by atoms with E-state index in [0.717, 1.165) is 6.42 Å². The van der Waals surface area contributed by atoms with Crippen LogP contribution in [0.1, 0.15) is 23.7 Å². The quantitative estimate of drug-likeness (QED) is 0.493. The zero-order valence-corrected chi connectivity index (χ0v) is 12.3. The molecule has 0 aliphatic rings. The van der Waals surface area contributed by atoms with Gasteiger partial charge in [0.25, 0.3) is 5.91 Å². The second kappa shape index (κ2) is 7.08. The largest absolute Gasteiger partial charge is 0.490 e. The van der Waals surface area contributed by atoms with Crippen LogP contribution in [0.5, 0.6) is 5.75 Å². The van der Waals surface area contributed by atoms with E-state index in [1.165, 1.54) is 25.3 Å². The van der Waals surface area contributed by atoms with Crippen LogP contribution >= 0.6 is 15.9 Å². The fourth-order valence-corrected chi connectivity index (χ4v) is 1.67. The number of carbonyl (C=O) groups is 1. The number of nitro benzene ring substituents is 1. The molecule has 0 aromatic heterocycles. The van der Waals surface area contributed by atoms with Crippen molar-refractivity contribution in [3.8, 4) is 5.75 Å². The minimum absolute atomic E-state index is 0.0207. The highest BCUT2D eigenvalue weighted by Gasteiger charge is 2.22. The first-order valence-corrected chi connectivity index (χ1v) is 6.66. The number of nitrogens with one attached hydrogen (secondary N) is 1. The summed E-state index contributed by atoms with van der Waals surface area (Å²) in [6.07, 6.45) is 0.867. The zero-order chi connectivity index (χ0) is 14.4. The second-order valence-electron chi connectivity index (χ2n) is 3.83. The van der Waals surface area contributed by atoms with Crippen LogP contribution in [0, 0.1) is 10.1 Å². The van der Waals surface area contributed by atoms with Gasteiger partial charge in [-0.3, -0.25) is 14.9 Å². The Labute approximate surface area is 119 Å². The number of hydrogen-bond acceptors (Lipinski definition) is 4. The van der Waals surface area contributed by atoms with Crippen LogP contribution in [0.4, 0.5) is 5.69 Å². The van der Waals surface area contributed by atoms with Gasteiger partial charge in [0.15, 0.2) is 0 Å². The highest BCUT2D eigenvalue weighted by Crippen LogP contribution is 2.30. The van der Waals surface area contributed by atoms with Crippen molar-refractivity contribution in [2.75, 3.05) is 13.7 Å². The topological polar surface area (TPSA) is 81.5 Å². The van der Waals surface area contributed by atoms with Gasteiger partial charge in [0.2, 0.25) is 5.75 Å². The molecule has 0 heterocycles. The lowest BCUT2D eigenvalue weighted by atomic mass is 10.1. The molecule has 104 valence electrons. The Balaban J connectivity index is 2.96. The molecule has 0 aliphatic carbocycles. The lowest BCUT2D eigenvalue weighted by molar-refractivity contribution is -0.385. The van der Waals surface area contributed by atoms with Gasteiger partial charge in [-0.1, -0.05) is 28.9 Å². The summed E-state index contributed by atoms with van der Waals surface area (Å²) in [5, 5.41) is 13.6. The zero-order valence-electron chi connectivity index (χ0n) is 10.7.